The van der Waals surface area contributed by atoms with Crippen LogP contribution in [-0.2, 0) is 5.41 Å². The minimum Gasteiger partial charge on any atom is -0.508 e. The van der Waals surface area contributed by atoms with E-state index in [4.69, 9.17) is 0 Å². The van der Waals surface area contributed by atoms with Crippen LogP contribution < -0.4 is 0 Å². The van der Waals surface area contributed by atoms with E-state index in [9.17, 15) is 5.11 Å². The van der Waals surface area contributed by atoms with Gasteiger partial charge >= 0.3 is 0 Å². The predicted octanol–water partition coefficient (Wildman–Crippen LogP) is 5.10. The van der Waals surface area contributed by atoms with E-state index in [1.54, 1.807) is 0 Å². The Morgan fingerprint density at radius 3 is 2.75 bits per heavy atom. The molecule has 1 N–H and O–H groups in total. The summed E-state index contributed by atoms with van der Waals surface area (Å²) in [7, 11) is 0. The molecule has 3 unspecified atom stereocenters. The summed E-state index contributed by atoms with van der Waals surface area (Å²) < 4.78 is 0. The van der Waals surface area contributed by atoms with E-state index in [2.05, 4.69) is 24.0 Å². The zero-order valence-corrected chi connectivity index (χ0v) is 15.2. The number of piperidine rings is 1. The van der Waals surface area contributed by atoms with Gasteiger partial charge in [0, 0.05) is 24.5 Å². The fourth-order valence-corrected chi connectivity index (χ4v) is 6.13. The molecule has 132 valence electrons. The van der Waals surface area contributed by atoms with E-state index in [0.717, 1.165) is 17.9 Å². The number of phenols is 1. The van der Waals surface area contributed by atoms with Gasteiger partial charge in [-0.25, -0.2) is 0 Å². The van der Waals surface area contributed by atoms with Crippen molar-refractivity contribution in [1.82, 2.24) is 4.90 Å². The van der Waals surface area contributed by atoms with Crippen LogP contribution >= 0.6 is 0 Å². The molecule has 3 aliphatic rings. The second-order valence-corrected chi connectivity index (χ2v) is 8.67. The Morgan fingerprint density at radius 1 is 1.17 bits per heavy atom. The largest absolute Gasteiger partial charge is 0.508 e. The van der Waals surface area contributed by atoms with Crippen LogP contribution in [0.1, 0.15) is 70.3 Å². The van der Waals surface area contributed by atoms with Gasteiger partial charge in [-0.05, 0) is 68.1 Å². The highest BCUT2D eigenvalue weighted by molar-refractivity contribution is 5.35. The number of benzene rings is 1. The monoisotopic (exact) mass is 327 g/mol. The lowest BCUT2D eigenvalue weighted by atomic mass is 9.65. The standard InChI is InChI=1S/C22H33NO/c1-2-20-14-22(18-9-5-11-21(24)13-18)12-6-10-19(22)16-23(20)15-17-7-3-4-8-17/h5,9,11,13,17,19-20,24H,2-4,6-8,10,12,14-16H2,1H3. The normalized spacial score (nSPS) is 34.5. The zero-order chi connectivity index (χ0) is 16.6. The van der Waals surface area contributed by atoms with Crippen LogP contribution in [0.25, 0.3) is 0 Å². The van der Waals surface area contributed by atoms with Crippen LogP contribution in [-0.4, -0.2) is 29.1 Å². The second-order valence-electron chi connectivity index (χ2n) is 8.67. The van der Waals surface area contributed by atoms with Crippen molar-refractivity contribution in [2.75, 3.05) is 13.1 Å². The number of hydrogen-bond acceptors (Lipinski definition) is 2. The molecule has 2 saturated carbocycles. The predicted molar refractivity (Wildman–Crippen MR) is 99.4 cm³/mol. The molecule has 24 heavy (non-hydrogen) atoms. The van der Waals surface area contributed by atoms with E-state index >= 15 is 0 Å². The third-order valence-corrected chi connectivity index (χ3v) is 7.39. The molecule has 3 atom stereocenters. The van der Waals surface area contributed by atoms with Crippen molar-refractivity contribution in [3.05, 3.63) is 29.8 Å². The topological polar surface area (TPSA) is 23.5 Å². The molecule has 0 aromatic heterocycles. The Hall–Kier alpha value is -1.02. The Kier molecular flexibility index (Phi) is 4.60. The molecular weight excluding hydrogens is 294 g/mol. The lowest BCUT2D eigenvalue weighted by molar-refractivity contribution is 0.0410. The van der Waals surface area contributed by atoms with Gasteiger partial charge in [-0.3, -0.25) is 4.90 Å². The minimum absolute atomic E-state index is 0.325. The lowest BCUT2D eigenvalue weighted by Gasteiger charge is -2.50. The van der Waals surface area contributed by atoms with Gasteiger partial charge in [0.05, 0.1) is 0 Å². The first-order valence-corrected chi connectivity index (χ1v) is 10.2. The summed E-state index contributed by atoms with van der Waals surface area (Å²) in [6.07, 6.45) is 12.4. The van der Waals surface area contributed by atoms with Gasteiger partial charge in [0.2, 0.25) is 0 Å². The molecule has 2 heteroatoms. The summed E-state index contributed by atoms with van der Waals surface area (Å²) in [6.45, 7) is 4.99. The molecule has 0 bridgehead atoms. The van der Waals surface area contributed by atoms with Crippen molar-refractivity contribution in [2.45, 2.75) is 76.2 Å². The zero-order valence-electron chi connectivity index (χ0n) is 15.2. The van der Waals surface area contributed by atoms with Crippen molar-refractivity contribution < 1.29 is 5.11 Å². The smallest absolute Gasteiger partial charge is 0.115 e. The number of likely N-dealkylation sites (tertiary alicyclic amines) is 1. The number of fused-ring (bicyclic) bond motifs is 1. The van der Waals surface area contributed by atoms with Crippen molar-refractivity contribution in [1.29, 1.82) is 0 Å². The maximum atomic E-state index is 10.0. The maximum absolute atomic E-state index is 10.0. The van der Waals surface area contributed by atoms with Crippen LogP contribution in [0.5, 0.6) is 5.75 Å². The number of rotatable bonds is 4. The quantitative estimate of drug-likeness (QED) is 0.831. The van der Waals surface area contributed by atoms with Gasteiger partial charge in [0.25, 0.3) is 0 Å². The molecule has 1 aromatic carbocycles. The van der Waals surface area contributed by atoms with Crippen LogP contribution in [0.4, 0.5) is 0 Å². The molecule has 1 aliphatic heterocycles. The minimum atomic E-state index is 0.325. The molecule has 1 aromatic rings. The van der Waals surface area contributed by atoms with E-state index < -0.39 is 0 Å². The first-order valence-electron chi connectivity index (χ1n) is 10.2. The fraction of sp³-hybridized carbons (Fsp3) is 0.727. The Labute approximate surface area is 147 Å². The second kappa shape index (κ2) is 6.71. The average molecular weight is 328 g/mol. The van der Waals surface area contributed by atoms with E-state index in [-0.39, 0.29) is 0 Å². The molecule has 4 rings (SSSR count). The van der Waals surface area contributed by atoms with Crippen LogP contribution in [0.15, 0.2) is 24.3 Å². The van der Waals surface area contributed by atoms with Gasteiger partial charge in [0.15, 0.2) is 0 Å². The SMILES string of the molecule is CCC1CC2(c3cccc(O)c3)CCCC2CN1CC1CCCC1. The number of phenolic OH excluding ortho intramolecular Hbond substituents is 1. The third kappa shape index (κ3) is 2.87. The van der Waals surface area contributed by atoms with Gasteiger partial charge < -0.3 is 5.11 Å². The highest BCUT2D eigenvalue weighted by Crippen LogP contribution is 2.53. The fourth-order valence-electron chi connectivity index (χ4n) is 6.13. The number of hydrogen-bond donors (Lipinski definition) is 1. The molecule has 0 radical (unpaired) electrons. The first kappa shape index (κ1) is 16.4. The summed E-state index contributed by atoms with van der Waals surface area (Å²) >= 11 is 0. The summed E-state index contributed by atoms with van der Waals surface area (Å²) in [5.74, 6) is 2.17. The first-order chi connectivity index (χ1) is 11.7. The number of aromatic hydroxyl groups is 1. The summed E-state index contributed by atoms with van der Waals surface area (Å²) in [5, 5.41) is 10.0. The molecule has 2 aliphatic carbocycles. The average Bonchev–Trinajstić information content (AvgIpc) is 3.24. The highest BCUT2D eigenvalue weighted by Gasteiger charge is 2.50. The molecule has 2 nitrogen and oxygen atoms in total. The highest BCUT2D eigenvalue weighted by atomic mass is 16.3. The third-order valence-electron chi connectivity index (χ3n) is 7.39. The summed E-state index contributed by atoms with van der Waals surface area (Å²) in [5.41, 5.74) is 1.73. The Morgan fingerprint density at radius 2 is 2.00 bits per heavy atom. The van der Waals surface area contributed by atoms with Crippen molar-refractivity contribution in [3.8, 4) is 5.75 Å². The molecular formula is C22H33NO. The van der Waals surface area contributed by atoms with Crippen LogP contribution in [0.2, 0.25) is 0 Å². The van der Waals surface area contributed by atoms with Gasteiger partial charge in [-0.1, -0.05) is 38.3 Å². The molecule has 1 heterocycles. The molecule has 0 amide bonds. The van der Waals surface area contributed by atoms with Crippen molar-refractivity contribution >= 4 is 0 Å². The van der Waals surface area contributed by atoms with Crippen molar-refractivity contribution in [3.63, 3.8) is 0 Å². The Bertz CT molecular complexity index is 565. The van der Waals surface area contributed by atoms with Crippen LogP contribution in [0.3, 0.4) is 0 Å². The van der Waals surface area contributed by atoms with Crippen molar-refractivity contribution in [2.24, 2.45) is 11.8 Å². The lowest BCUT2D eigenvalue weighted by Crippen LogP contribution is -2.53. The summed E-state index contributed by atoms with van der Waals surface area (Å²) in [6, 6.07) is 8.91. The summed E-state index contributed by atoms with van der Waals surface area (Å²) in [4.78, 5) is 2.85. The van der Waals surface area contributed by atoms with Crippen LogP contribution in [0, 0.1) is 11.8 Å². The molecule has 0 spiro atoms. The van der Waals surface area contributed by atoms with E-state index in [1.807, 2.05) is 12.1 Å². The van der Waals surface area contributed by atoms with Gasteiger partial charge in [0.1, 0.15) is 5.75 Å². The number of nitrogens with zero attached hydrogens (tertiary/aromatic N) is 1. The van der Waals surface area contributed by atoms with E-state index in [0.29, 0.717) is 11.2 Å². The van der Waals surface area contributed by atoms with Gasteiger partial charge in [-0.15, -0.1) is 0 Å². The van der Waals surface area contributed by atoms with Gasteiger partial charge in [-0.2, -0.15) is 0 Å². The van der Waals surface area contributed by atoms with E-state index in [1.165, 1.54) is 76.4 Å². The maximum Gasteiger partial charge on any atom is 0.115 e. The molecule has 1 saturated heterocycles. The Balaban J connectivity index is 1.58. The molecule has 3 fully saturated rings.